The molecule has 2 aromatic rings. The van der Waals surface area contributed by atoms with Gasteiger partial charge in [0.1, 0.15) is 0 Å². The van der Waals surface area contributed by atoms with Gasteiger partial charge < -0.3 is 15.0 Å². The number of nitrogens with one attached hydrogen (secondary N) is 1. The van der Waals surface area contributed by atoms with Gasteiger partial charge in [0.2, 0.25) is 0 Å². The Hall–Kier alpha value is -2.37. The van der Waals surface area contributed by atoms with Crippen LogP contribution >= 0.6 is 0 Å². The molecule has 2 N–H and O–H groups in total. The highest BCUT2D eigenvalue weighted by Gasteiger charge is 2.18. The van der Waals surface area contributed by atoms with Crippen LogP contribution in [0.3, 0.4) is 0 Å². The normalized spacial score (nSPS) is 15.8. The van der Waals surface area contributed by atoms with Crippen LogP contribution in [0.25, 0.3) is 16.6 Å². The number of amides is 1. The van der Waals surface area contributed by atoms with E-state index in [0.717, 1.165) is 16.6 Å². The molecule has 18 heavy (non-hydrogen) atoms. The van der Waals surface area contributed by atoms with E-state index in [4.69, 9.17) is 5.11 Å². The van der Waals surface area contributed by atoms with E-state index in [0.29, 0.717) is 25.3 Å². The van der Waals surface area contributed by atoms with Gasteiger partial charge in [0.25, 0.3) is 0 Å². The summed E-state index contributed by atoms with van der Waals surface area (Å²) in [5, 5.41) is 8.87. The van der Waals surface area contributed by atoms with Crippen molar-refractivity contribution in [1.82, 2.24) is 19.9 Å². The summed E-state index contributed by atoms with van der Waals surface area (Å²) in [5.41, 5.74) is 2.79. The maximum absolute atomic E-state index is 10.8. The molecule has 2 aromatic heterocycles. The molecule has 3 heterocycles. The smallest absolute Gasteiger partial charge is 0.407 e. The molecule has 0 unspecified atom stereocenters. The fourth-order valence-electron chi connectivity index (χ4n) is 2.04. The topological polar surface area (TPSA) is 82.1 Å². The molecule has 0 aromatic carbocycles. The summed E-state index contributed by atoms with van der Waals surface area (Å²) < 4.78 is 0. The van der Waals surface area contributed by atoms with Crippen LogP contribution in [0.1, 0.15) is 12.2 Å². The monoisotopic (exact) mass is 244 g/mol. The molecule has 6 nitrogen and oxygen atoms in total. The Morgan fingerprint density at radius 1 is 1.50 bits per heavy atom. The van der Waals surface area contributed by atoms with Crippen LogP contribution in [-0.2, 0) is 0 Å². The van der Waals surface area contributed by atoms with Crippen LogP contribution in [0.2, 0.25) is 0 Å². The average Bonchev–Trinajstić information content (AvgIpc) is 2.86. The van der Waals surface area contributed by atoms with E-state index < -0.39 is 6.09 Å². The van der Waals surface area contributed by atoms with Gasteiger partial charge in [-0.15, -0.1) is 0 Å². The minimum Gasteiger partial charge on any atom is -0.465 e. The first-order valence-electron chi connectivity index (χ1n) is 5.71. The average molecular weight is 244 g/mol. The van der Waals surface area contributed by atoms with Crippen molar-refractivity contribution >= 4 is 22.7 Å². The quantitative estimate of drug-likeness (QED) is 0.800. The van der Waals surface area contributed by atoms with Crippen molar-refractivity contribution < 1.29 is 9.90 Å². The molecule has 0 radical (unpaired) electrons. The SMILES string of the molecule is O=C(O)N1CC=C(c2ncc3[nH]ccc3n2)CC1. The molecule has 0 saturated heterocycles. The Bertz CT molecular complexity index is 632. The summed E-state index contributed by atoms with van der Waals surface area (Å²) in [7, 11) is 0. The lowest BCUT2D eigenvalue weighted by Crippen LogP contribution is -2.33. The van der Waals surface area contributed by atoms with Crippen LogP contribution in [0.5, 0.6) is 0 Å². The lowest BCUT2D eigenvalue weighted by molar-refractivity contribution is 0.150. The number of hydrogen-bond acceptors (Lipinski definition) is 3. The number of nitrogens with zero attached hydrogens (tertiary/aromatic N) is 3. The van der Waals surface area contributed by atoms with Gasteiger partial charge in [-0.3, -0.25) is 0 Å². The first-order valence-corrected chi connectivity index (χ1v) is 5.71. The number of H-pyrrole nitrogens is 1. The summed E-state index contributed by atoms with van der Waals surface area (Å²) in [6, 6.07) is 1.90. The standard InChI is InChI=1S/C12H12N4O2/c17-12(18)16-5-2-8(3-6-16)11-14-7-10-9(15-11)1-4-13-10/h1-2,4,7,13H,3,5-6H2,(H,17,18). The molecule has 1 amide bonds. The van der Waals surface area contributed by atoms with E-state index in [-0.39, 0.29) is 0 Å². The Morgan fingerprint density at radius 3 is 3.11 bits per heavy atom. The van der Waals surface area contributed by atoms with Crippen LogP contribution in [0.15, 0.2) is 24.5 Å². The summed E-state index contributed by atoms with van der Waals surface area (Å²) in [4.78, 5) is 24.0. The van der Waals surface area contributed by atoms with Gasteiger partial charge in [-0.25, -0.2) is 14.8 Å². The second kappa shape index (κ2) is 4.14. The molecule has 1 aliphatic heterocycles. The van der Waals surface area contributed by atoms with Crippen molar-refractivity contribution in [3.05, 3.63) is 30.4 Å². The molecule has 0 saturated carbocycles. The van der Waals surface area contributed by atoms with Gasteiger partial charge in [0, 0.05) is 19.3 Å². The van der Waals surface area contributed by atoms with Gasteiger partial charge in [-0.1, -0.05) is 6.08 Å². The van der Waals surface area contributed by atoms with Gasteiger partial charge in [0.05, 0.1) is 17.2 Å². The first kappa shape index (κ1) is 10.8. The molecule has 0 spiro atoms. The Morgan fingerprint density at radius 2 is 2.39 bits per heavy atom. The van der Waals surface area contributed by atoms with Gasteiger partial charge in [0.15, 0.2) is 5.82 Å². The maximum Gasteiger partial charge on any atom is 0.407 e. The lowest BCUT2D eigenvalue weighted by Gasteiger charge is -2.22. The molecule has 0 atom stereocenters. The van der Waals surface area contributed by atoms with E-state index in [1.807, 2.05) is 18.3 Å². The number of hydrogen-bond donors (Lipinski definition) is 2. The third-order valence-electron chi connectivity index (χ3n) is 3.07. The van der Waals surface area contributed by atoms with Crippen LogP contribution in [0.4, 0.5) is 4.79 Å². The van der Waals surface area contributed by atoms with Crippen molar-refractivity contribution in [3.63, 3.8) is 0 Å². The van der Waals surface area contributed by atoms with Crippen molar-refractivity contribution in [2.24, 2.45) is 0 Å². The molecule has 0 fully saturated rings. The fraction of sp³-hybridized carbons (Fsp3) is 0.250. The van der Waals surface area contributed by atoms with E-state index in [2.05, 4.69) is 15.0 Å². The first-order chi connectivity index (χ1) is 8.74. The Kier molecular flexibility index (Phi) is 2.47. The molecule has 0 bridgehead atoms. The predicted molar refractivity (Wildman–Crippen MR) is 66.1 cm³/mol. The molecule has 3 rings (SSSR count). The predicted octanol–water partition coefficient (Wildman–Crippen LogP) is 1.72. The second-order valence-electron chi connectivity index (χ2n) is 4.18. The number of aromatic amines is 1. The molecule has 0 aliphatic carbocycles. The zero-order chi connectivity index (χ0) is 12.5. The van der Waals surface area contributed by atoms with Gasteiger partial charge >= 0.3 is 6.09 Å². The summed E-state index contributed by atoms with van der Waals surface area (Å²) in [6.07, 6.45) is 5.23. The highest BCUT2D eigenvalue weighted by atomic mass is 16.4. The number of rotatable bonds is 1. The fourth-order valence-corrected chi connectivity index (χ4v) is 2.04. The third kappa shape index (κ3) is 1.81. The number of carboxylic acid groups (broad SMARTS) is 1. The van der Waals surface area contributed by atoms with Crippen LogP contribution in [-0.4, -0.2) is 44.1 Å². The summed E-state index contributed by atoms with van der Waals surface area (Å²) >= 11 is 0. The molecular weight excluding hydrogens is 232 g/mol. The number of carbonyl (C=O) groups is 1. The van der Waals surface area contributed by atoms with Crippen LogP contribution in [0, 0.1) is 0 Å². The van der Waals surface area contributed by atoms with Crippen molar-refractivity contribution in [1.29, 1.82) is 0 Å². The Labute approximate surface area is 103 Å². The Balaban J connectivity index is 1.89. The largest absolute Gasteiger partial charge is 0.465 e. The molecule has 1 aliphatic rings. The van der Waals surface area contributed by atoms with Gasteiger partial charge in [-0.2, -0.15) is 0 Å². The van der Waals surface area contributed by atoms with Crippen molar-refractivity contribution in [3.8, 4) is 0 Å². The highest BCUT2D eigenvalue weighted by molar-refractivity contribution is 5.76. The minimum absolute atomic E-state index is 0.402. The van der Waals surface area contributed by atoms with E-state index in [1.54, 1.807) is 6.20 Å². The lowest BCUT2D eigenvalue weighted by atomic mass is 10.1. The zero-order valence-electron chi connectivity index (χ0n) is 9.63. The van der Waals surface area contributed by atoms with Crippen molar-refractivity contribution in [2.75, 3.05) is 13.1 Å². The zero-order valence-corrected chi connectivity index (χ0v) is 9.63. The van der Waals surface area contributed by atoms with E-state index >= 15 is 0 Å². The second-order valence-corrected chi connectivity index (χ2v) is 4.18. The van der Waals surface area contributed by atoms with Gasteiger partial charge in [-0.05, 0) is 18.1 Å². The van der Waals surface area contributed by atoms with E-state index in [9.17, 15) is 4.79 Å². The summed E-state index contributed by atoms with van der Waals surface area (Å²) in [6.45, 7) is 0.898. The number of fused-ring (bicyclic) bond motifs is 1. The highest BCUT2D eigenvalue weighted by Crippen LogP contribution is 2.20. The van der Waals surface area contributed by atoms with E-state index in [1.165, 1.54) is 4.90 Å². The summed E-state index contributed by atoms with van der Waals surface area (Å²) in [5.74, 6) is 0.687. The third-order valence-corrected chi connectivity index (χ3v) is 3.07. The van der Waals surface area contributed by atoms with Crippen molar-refractivity contribution in [2.45, 2.75) is 6.42 Å². The molecule has 6 heteroatoms. The van der Waals surface area contributed by atoms with Crippen LogP contribution < -0.4 is 0 Å². The number of aromatic nitrogens is 3. The maximum atomic E-state index is 10.8. The molecule has 92 valence electrons. The molecular formula is C12H12N4O2. The minimum atomic E-state index is -0.882.